The summed E-state index contributed by atoms with van der Waals surface area (Å²) in [6, 6.07) is 45.9. The molecule has 0 heterocycles. The molecule has 0 spiro atoms. The highest BCUT2D eigenvalue weighted by molar-refractivity contribution is 9.10. The average Bonchev–Trinajstić information content (AvgIpc) is 2.94. The van der Waals surface area contributed by atoms with Gasteiger partial charge < -0.3 is 0 Å². The zero-order valence-electron chi connectivity index (χ0n) is 20.4. The molecule has 6 aromatic carbocycles. The first-order valence-corrected chi connectivity index (χ1v) is 13.9. The van der Waals surface area contributed by atoms with Crippen molar-refractivity contribution in [2.45, 2.75) is 6.92 Å². The fraction of sp³-hybridized carbons (Fsp3) is 0.0286. The Morgan fingerprint density at radius 2 is 0.784 bits per heavy atom. The van der Waals surface area contributed by atoms with E-state index in [4.69, 9.17) is 0 Å². The van der Waals surface area contributed by atoms with Crippen molar-refractivity contribution in [1.29, 1.82) is 0 Å². The topological polar surface area (TPSA) is 0 Å². The van der Waals surface area contributed by atoms with Gasteiger partial charge in [-0.3, -0.25) is 0 Å². The van der Waals surface area contributed by atoms with E-state index in [9.17, 15) is 0 Å². The van der Waals surface area contributed by atoms with Gasteiger partial charge in [0, 0.05) is 8.95 Å². The molecule has 2 heteroatoms. The van der Waals surface area contributed by atoms with Crippen LogP contribution in [0.3, 0.4) is 0 Å². The fourth-order valence-electron chi connectivity index (χ4n) is 5.22. The maximum Gasteiger partial charge on any atom is 0.0175 e. The molecule has 0 fully saturated rings. The standard InChI is InChI=1S/C35H24Br2/c1-23-12-21-30-31(22-23)33(27-15-19-29(37)20-16-27)35(25-10-6-3-7-11-25)34(24-8-4-2-5-9-24)32(30)26-13-17-28(36)18-14-26/h2-22H,1H3. The van der Waals surface area contributed by atoms with Crippen LogP contribution in [0.15, 0.2) is 136 Å². The van der Waals surface area contributed by atoms with Crippen molar-refractivity contribution in [3.63, 3.8) is 0 Å². The van der Waals surface area contributed by atoms with Gasteiger partial charge >= 0.3 is 0 Å². The van der Waals surface area contributed by atoms with Gasteiger partial charge in [-0.25, -0.2) is 0 Å². The molecule has 0 unspecified atom stereocenters. The smallest absolute Gasteiger partial charge is 0.0175 e. The van der Waals surface area contributed by atoms with Crippen LogP contribution in [0.1, 0.15) is 5.56 Å². The Morgan fingerprint density at radius 3 is 1.24 bits per heavy atom. The van der Waals surface area contributed by atoms with Crippen molar-refractivity contribution in [2.75, 3.05) is 0 Å². The summed E-state index contributed by atoms with van der Waals surface area (Å²) in [7, 11) is 0. The van der Waals surface area contributed by atoms with Crippen molar-refractivity contribution >= 4 is 42.6 Å². The molecule has 6 aromatic rings. The molecular weight excluding hydrogens is 580 g/mol. The minimum atomic E-state index is 1.08. The Balaban J connectivity index is 1.89. The molecule has 37 heavy (non-hydrogen) atoms. The predicted octanol–water partition coefficient (Wildman–Crippen LogP) is 11.3. The molecule has 178 valence electrons. The summed E-state index contributed by atoms with van der Waals surface area (Å²) in [6.07, 6.45) is 0. The third-order valence-electron chi connectivity index (χ3n) is 6.85. The highest BCUT2D eigenvalue weighted by Gasteiger charge is 2.23. The molecule has 0 saturated heterocycles. The lowest BCUT2D eigenvalue weighted by molar-refractivity contribution is 1.49. The summed E-state index contributed by atoms with van der Waals surface area (Å²) >= 11 is 7.27. The number of hydrogen-bond acceptors (Lipinski definition) is 0. The Bertz CT molecular complexity index is 1700. The van der Waals surface area contributed by atoms with Gasteiger partial charge in [-0.1, -0.05) is 141 Å². The van der Waals surface area contributed by atoms with Crippen molar-refractivity contribution in [1.82, 2.24) is 0 Å². The van der Waals surface area contributed by atoms with Gasteiger partial charge in [0.2, 0.25) is 0 Å². The van der Waals surface area contributed by atoms with Gasteiger partial charge in [-0.15, -0.1) is 0 Å². The van der Waals surface area contributed by atoms with Crippen molar-refractivity contribution in [3.8, 4) is 44.5 Å². The van der Waals surface area contributed by atoms with Crippen LogP contribution in [0.25, 0.3) is 55.3 Å². The minimum Gasteiger partial charge on any atom is -0.0622 e. The van der Waals surface area contributed by atoms with E-state index < -0.39 is 0 Å². The van der Waals surface area contributed by atoms with Crippen molar-refractivity contribution in [3.05, 3.63) is 142 Å². The maximum atomic E-state index is 3.64. The van der Waals surface area contributed by atoms with E-state index in [2.05, 4.69) is 166 Å². The summed E-state index contributed by atoms with van der Waals surface area (Å²) in [5, 5.41) is 2.52. The second-order valence-electron chi connectivity index (χ2n) is 9.29. The van der Waals surface area contributed by atoms with E-state index in [0.717, 1.165) is 8.95 Å². The number of hydrogen-bond donors (Lipinski definition) is 0. The Morgan fingerprint density at radius 1 is 0.378 bits per heavy atom. The van der Waals surface area contributed by atoms with Crippen LogP contribution in [0.4, 0.5) is 0 Å². The van der Waals surface area contributed by atoms with E-state index in [1.807, 2.05) is 0 Å². The number of fused-ring (bicyclic) bond motifs is 1. The van der Waals surface area contributed by atoms with Crippen molar-refractivity contribution < 1.29 is 0 Å². The van der Waals surface area contributed by atoms with Crippen LogP contribution in [0, 0.1) is 6.92 Å². The van der Waals surface area contributed by atoms with Gasteiger partial charge in [0.25, 0.3) is 0 Å². The molecule has 0 atom stereocenters. The fourth-order valence-corrected chi connectivity index (χ4v) is 5.75. The lowest BCUT2D eigenvalue weighted by atomic mass is 9.78. The van der Waals surface area contributed by atoms with E-state index in [-0.39, 0.29) is 0 Å². The third kappa shape index (κ3) is 4.56. The zero-order chi connectivity index (χ0) is 25.4. The Hall–Kier alpha value is -3.46. The molecule has 0 saturated carbocycles. The summed E-state index contributed by atoms with van der Waals surface area (Å²) in [4.78, 5) is 0. The monoisotopic (exact) mass is 602 g/mol. The second kappa shape index (κ2) is 10.1. The van der Waals surface area contributed by atoms with Gasteiger partial charge in [-0.2, -0.15) is 0 Å². The highest BCUT2D eigenvalue weighted by atomic mass is 79.9. The maximum absolute atomic E-state index is 3.64. The number of halogens is 2. The Kier molecular flexibility index (Phi) is 6.54. The van der Waals surface area contributed by atoms with E-state index in [1.54, 1.807) is 0 Å². The summed E-state index contributed by atoms with van der Waals surface area (Å²) in [6.45, 7) is 2.18. The quantitative estimate of drug-likeness (QED) is 0.188. The Labute approximate surface area is 234 Å². The van der Waals surface area contributed by atoms with Gasteiger partial charge in [0.05, 0.1) is 0 Å². The highest BCUT2D eigenvalue weighted by Crippen LogP contribution is 2.51. The number of aryl methyl sites for hydroxylation is 1. The molecule has 0 bridgehead atoms. The molecule has 0 aromatic heterocycles. The van der Waals surface area contributed by atoms with E-state index in [1.165, 1.54) is 60.8 Å². The lowest BCUT2D eigenvalue weighted by Gasteiger charge is -2.24. The summed E-state index contributed by atoms with van der Waals surface area (Å²) in [5.74, 6) is 0. The molecule has 0 N–H and O–H groups in total. The van der Waals surface area contributed by atoms with Crippen LogP contribution in [0.5, 0.6) is 0 Å². The molecule has 0 aliphatic rings. The molecule has 0 radical (unpaired) electrons. The van der Waals surface area contributed by atoms with Gasteiger partial charge in [-0.05, 0) is 86.5 Å². The number of rotatable bonds is 4. The van der Waals surface area contributed by atoms with Gasteiger partial charge in [0.15, 0.2) is 0 Å². The SMILES string of the molecule is Cc1ccc2c(-c3ccc(Br)cc3)c(-c3ccccc3)c(-c3ccccc3)c(-c3ccc(Br)cc3)c2c1. The molecule has 6 rings (SSSR count). The minimum absolute atomic E-state index is 1.08. The lowest BCUT2D eigenvalue weighted by Crippen LogP contribution is -1.97. The first-order valence-electron chi connectivity index (χ1n) is 12.3. The van der Waals surface area contributed by atoms with E-state index in [0.29, 0.717) is 0 Å². The van der Waals surface area contributed by atoms with Crippen LogP contribution in [-0.4, -0.2) is 0 Å². The third-order valence-corrected chi connectivity index (χ3v) is 7.91. The molecular formula is C35H24Br2. The second-order valence-corrected chi connectivity index (χ2v) is 11.1. The van der Waals surface area contributed by atoms with Crippen LogP contribution in [0.2, 0.25) is 0 Å². The normalized spacial score (nSPS) is 11.1. The van der Waals surface area contributed by atoms with Crippen molar-refractivity contribution in [2.24, 2.45) is 0 Å². The predicted molar refractivity (Wildman–Crippen MR) is 166 cm³/mol. The van der Waals surface area contributed by atoms with Crippen LogP contribution < -0.4 is 0 Å². The molecule has 0 aliphatic carbocycles. The molecule has 0 nitrogen and oxygen atoms in total. The molecule has 0 aliphatic heterocycles. The summed E-state index contributed by atoms with van der Waals surface area (Å²) in [5.41, 5.74) is 11.1. The van der Waals surface area contributed by atoms with E-state index >= 15 is 0 Å². The first-order chi connectivity index (χ1) is 18.1. The first kappa shape index (κ1) is 23.9. The van der Waals surface area contributed by atoms with Gasteiger partial charge in [0.1, 0.15) is 0 Å². The molecule has 0 amide bonds. The average molecular weight is 604 g/mol. The number of benzene rings is 6. The largest absolute Gasteiger partial charge is 0.0622 e. The zero-order valence-corrected chi connectivity index (χ0v) is 23.6. The summed E-state index contributed by atoms with van der Waals surface area (Å²) < 4.78 is 2.15. The van der Waals surface area contributed by atoms with Crippen LogP contribution in [-0.2, 0) is 0 Å². The van der Waals surface area contributed by atoms with Crippen LogP contribution >= 0.6 is 31.9 Å².